The molecule has 0 spiro atoms. The van der Waals surface area contributed by atoms with E-state index in [1.54, 1.807) is 14.2 Å². The Hall–Kier alpha value is -3.00. The fourth-order valence-corrected chi connectivity index (χ4v) is 2.66. The predicted molar refractivity (Wildman–Crippen MR) is 88.5 cm³/mol. The summed E-state index contributed by atoms with van der Waals surface area (Å²) in [6.45, 7) is 0.598. The van der Waals surface area contributed by atoms with Gasteiger partial charge in [0.15, 0.2) is 11.5 Å². The summed E-state index contributed by atoms with van der Waals surface area (Å²) in [4.78, 5) is 4.72. The average Bonchev–Trinajstić information content (AvgIpc) is 2.97. The van der Waals surface area contributed by atoms with Gasteiger partial charge in [-0.3, -0.25) is 0 Å². The van der Waals surface area contributed by atoms with Gasteiger partial charge in [0.05, 0.1) is 37.7 Å². The van der Waals surface area contributed by atoms with Gasteiger partial charge in [-0.25, -0.2) is 4.98 Å². The van der Waals surface area contributed by atoms with E-state index in [0.717, 1.165) is 22.4 Å². The molecule has 1 aromatic heterocycles. The molecule has 0 aliphatic carbocycles. The van der Waals surface area contributed by atoms with Crippen molar-refractivity contribution >= 4 is 11.0 Å². The molecule has 0 aliphatic heterocycles. The van der Waals surface area contributed by atoms with Crippen LogP contribution >= 0.6 is 0 Å². The van der Waals surface area contributed by atoms with Gasteiger partial charge in [0.1, 0.15) is 5.82 Å². The van der Waals surface area contributed by atoms with Crippen molar-refractivity contribution < 1.29 is 9.47 Å². The topological polar surface area (TPSA) is 60.1 Å². The first-order chi connectivity index (χ1) is 11.3. The largest absolute Gasteiger partial charge is 0.493 e. The maximum atomic E-state index is 8.93. The van der Waals surface area contributed by atoms with Crippen LogP contribution < -0.4 is 9.47 Å². The Morgan fingerprint density at radius 2 is 1.87 bits per heavy atom. The Kier molecular flexibility index (Phi) is 4.15. The van der Waals surface area contributed by atoms with E-state index in [1.807, 2.05) is 42.5 Å². The smallest absolute Gasteiger partial charge is 0.161 e. The number of methoxy groups -OCH3 is 2. The van der Waals surface area contributed by atoms with Gasteiger partial charge in [-0.05, 0) is 30.3 Å². The van der Waals surface area contributed by atoms with Gasteiger partial charge < -0.3 is 14.0 Å². The monoisotopic (exact) mass is 307 g/mol. The highest BCUT2D eigenvalue weighted by Gasteiger charge is 2.14. The lowest BCUT2D eigenvalue weighted by Gasteiger charge is -2.11. The van der Waals surface area contributed by atoms with Gasteiger partial charge in [-0.1, -0.05) is 12.1 Å². The van der Waals surface area contributed by atoms with Crippen molar-refractivity contribution in [3.63, 3.8) is 0 Å². The van der Waals surface area contributed by atoms with Crippen LogP contribution in [0.2, 0.25) is 0 Å². The predicted octanol–water partition coefficient (Wildman–Crippen LogP) is 3.63. The van der Waals surface area contributed by atoms with Crippen molar-refractivity contribution in [2.45, 2.75) is 13.0 Å². The molecule has 3 aromatic rings. The van der Waals surface area contributed by atoms with Crippen LogP contribution in [-0.2, 0) is 6.54 Å². The van der Waals surface area contributed by atoms with Gasteiger partial charge in [0.25, 0.3) is 0 Å². The number of nitrogens with zero attached hydrogens (tertiary/aromatic N) is 3. The molecule has 0 unspecified atom stereocenters. The molecule has 0 fully saturated rings. The molecular formula is C18H17N3O2. The zero-order chi connectivity index (χ0) is 16.2. The van der Waals surface area contributed by atoms with Crippen molar-refractivity contribution in [1.29, 1.82) is 5.26 Å². The number of imidazole rings is 1. The number of fused-ring (bicyclic) bond motifs is 1. The van der Waals surface area contributed by atoms with E-state index < -0.39 is 0 Å². The van der Waals surface area contributed by atoms with Gasteiger partial charge in [-0.15, -0.1) is 0 Å². The SMILES string of the molecule is COc1ccc(-c2nc3ccccc3n2CCC#N)cc1OC. The lowest BCUT2D eigenvalue weighted by Crippen LogP contribution is -2.00. The molecule has 0 aliphatic rings. The fraction of sp³-hybridized carbons (Fsp3) is 0.222. The maximum absolute atomic E-state index is 8.93. The minimum Gasteiger partial charge on any atom is -0.493 e. The van der Waals surface area contributed by atoms with Crippen LogP contribution in [0.25, 0.3) is 22.4 Å². The van der Waals surface area contributed by atoms with Crippen molar-refractivity contribution in [2.75, 3.05) is 14.2 Å². The maximum Gasteiger partial charge on any atom is 0.161 e. The second kappa shape index (κ2) is 6.41. The minimum atomic E-state index is 0.431. The highest BCUT2D eigenvalue weighted by Crippen LogP contribution is 2.33. The molecule has 0 amide bonds. The fourth-order valence-electron chi connectivity index (χ4n) is 2.66. The summed E-state index contributed by atoms with van der Waals surface area (Å²) >= 11 is 0. The van der Waals surface area contributed by atoms with E-state index in [2.05, 4.69) is 10.6 Å². The van der Waals surface area contributed by atoms with Gasteiger partial charge in [0, 0.05) is 12.1 Å². The Balaban J connectivity index is 2.17. The molecule has 0 N–H and O–H groups in total. The highest BCUT2D eigenvalue weighted by atomic mass is 16.5. The molecule has 116 valence electrons. The number of hydrogen-bond acceptors (Lipinski definition) is 4. The standard InChI is InChI=1S/C18H17N3O2/c1-22-16-9-8-13(12-17(16)23-2)18-20-14-6-3-4-7-15(14)21(18)11-5-10-19/h3-4,6-9,12H,5,11H2,1-2H3. The van der Waals surface area contributed by atoms with Crippen molar-refractivity contribution in [1.82, 2.24) is 9.55 Å². The zero-order valence-corrected chi connectivity index (χ0v) is 13.1. The zero-order valence-electron chi connectivity index (χ0n) is 13.1. The first-order valence-corrected chi connectivity index (χ1v) is 7.33. The Morgan fingerprint density at radius 1 is 1.09 bits per heavy atom. The van der Waals surface area contributed by atoms with E-state index in [1.165, 1.54) is 0 Å². The normalized spacial score (nSPS) is 10.5. The molecule has 0 radical (unpaired) electrons. The summed E-state index contributed by atoms with van der Waals surface area (Å²) in [6.07, 6.45) is 0.431. The van der Waals surface area contributed by atoms with Crippen LogP contribution in [0.3, 0.4) is 0 Å². The second-order valence-electron chi connectivity index (χ2n) is 5.05. The van der Waals surface area contributed by atoms with Crippen LogP contribution in [0.5, 0.6) is 11.5 Å². The number of hydrogen-bond donors (Lipinski definition) is 0. The van der Waals surface area contributed by atoms with E-state index in [0.29, 0.717) is 24.5 Å². The highest BCUT2D eigenvalue weighted by molar-refractivity contribution is 5.81. The van der Waals surface area contributed by atoms with Crippen molar-refractivity contribution in [2.24, 2.45) is 0 Å². The first kappa shape index (κ1) is 14.9. The van der Waals surface area contributed by atoms with E-state index in [9.17, 15) is 0 Å². The summed E-state index contributed by atoms with van der Waals surface area (Å²) < 4.78 is 12.7. The Morgan fingerprint density at radius 3 is 2.61 bits per heavy atom. The third-order valence-electron chi connectivity index (χ3n) is 3.74. The quantitative estimate of drug-likeness (QED) is 0.722. The molecule has 5 heteroatoms. The van der Waals surface area contributed by atoms with E-state index >= 15 is 0 Å². The number of aromatic nitrogens is 2. The lowest BCUT2D eigenvalue weighted by atomic mass is 10.2. The first-order valence-electron chi connectivity index (χ1n) is 7.33. The minimum absolute atomic E-state index is 0.431. The summed E-state index contributed by atoms with van der Waals surface area (Å²) in [6, 6.07) is 15.8. The molecule has 3 rings (SSSR count). The molecule has 23 heavy (non-hydrogen) atoms. The van der Waals surface area contributed by atoms with Crippen molar-refractivity contribution in [3.8, 4) is 29.0 Å². The summed E-state index contributed by atoms with van der Waals surface area (Å²) in [5.74, 6) is 2.15. The van der Waals surface area contributed by atoms with E-state index in [4.69, 9.17) is 19.7 Å². The number of benzene rings is 2. The average molecular weight is 307 g/mol. The summed E-state index contributed by atoms with van der Waals surface area (Å²) in [7, 11) is 3.22. The molecule has 0 atom stereocenters. The molecular weight excluding hydrogens is 290 g/mol. The molecule has 1 heterocycles. The number of rotatable bonds is 5. The second-order valence-corrected chi connectivity index (χ2v) is 5.05. The number of para-hydroxylation sites is 2. The lowest BCUT2D eigenvalue weighted by molar-refractivity contribution is 0.355. The van der Waals surface area contributed by atoms with Crippen LogP contribution in [-0.4, -0.2) is 23.8 Å². The molecule has 5 nitrogen and oxygen atoms in total. The summed E-state index contributed by atoms with van der Waals surface area (Å²) in [5, 5.41) is 8.93. The van der Waals surface area contributed by atoms with Crippen LogP contribution in [0.15, 0.2) is 42.5 Å². The number of ether oxygens (including phenoxy) is 2. The number of nitriles is 1. The Labute approximate surface area is 134 Å². The van der Waals surface area contributed by atoms with Gasteiger partial charge in [0.2, 0.25) is 0 Å². The third kappa shape index (κ3) is 2.71. The van der Waals surface area contributed by atoms with Crippen LogP contribution in [0.1, 0.15) is 6.42 Å². The third-order valence-corrected chi connectivity index (χ3v) is 3.74. The van der Waals surface area contributed by atoms with Crippen molar-refractivity contribution in [3.05, 3.63) is 42.5 Å². The van der Waals surface area contributed by atoms with Crippen LogP contribution in [0.4, 0.5) is 0 Å². The molecule has 2 aromatic carbocycles. The molecule has 0 bridgehead atoms. The molecule has 0 saturated carbocycles. The molecule has 0 saturated heterocycles. The van der Waals surface area contributed by atoms with Gasteiger partial charge >= 0.3 is 0 Å². The van der Waals surface area contributed by atoms with Gasteiger partial charge in [-0.2, -0.15) is 5.26 Å². The number of aryl methyl sites for hydroxylation is 1. The summed E-state index contributed by atoms with van der Waals surface area (Å²) in [5.41, 5.74) is 2.86. The van der Waals surface area contributed by atoms with Crippen LogP contribution in [0, 0.1) is 11.3 Å². The van der Waals surface area contributed by atoms with E-state index in [-0.39, 0.29) is 0 Å². The Bertz CT molecular complexity index is 878.